The van der Waals surface area contributed by atoms with E-state index in [-0.39, 0.29) is 18.4 Å². The summed E-state index contributed by atoms with van der Waals surface area (Å²) in [5, 5.41) is 13.1. The number of benzene rings is 1. The number of β-amino-alcohol motifs (C(OH)–C–C–N with tert-alkyl or cyclic N) is 1. The highest BCUT2D eigenvalue weighted by Gasteiger charge is 2.26. The number of ether oxygens (including phenoxy) is 1. The third-order valence-corrected chi connectivity index (χ3v) is 4.08. The number of aliphatic hydroxyl groups is 1. The molecule has 0 bridgehead atoms. The molecule has 23 heavy (non-hydrogen) atoms. The van der Waals surface area contributed by atoms with Crippen molar-refractivity contribution in [3.63, 3.8) is 0 Å². The first-order chi connectivity index (χ1) is 11.2. The van der Waals surface area contributed by atoms with Gasteiger partial charge >= 0.3 is 0 Å². The number of rotatable bonds is 8. The van der Waals surface area contributed by atoms with Crippen molar-refractivity contribution < 1.29 is 14.6 Å². The Hall–Kier alpha value is -1.59. The molecule has 0 spiro atoms. The number of aliphatic hydroxyl groups excluding tert-OH is 1. The highest BCUT2D eigenvalue weighted by Crippen LogP contribution is 2.17. The van der Waals surface area contributed by atoms with E-state index in [9.17, 15) is 9.90 Å². The summed E-state index contributed by atoms with van der Waals surface area (Å²) in [6, 6.07) is 9.50. The summed E-state index contributed by atoms with van der Waals surface area (Å²) < 4.78 is 5.58. The van der Waals surface area contributed by atoms with Crippen molar-refractivity contribution in [3.8, 4) is 5.75 Å². The van der Waals surface area contributed by atoms with Crippen LogP contribution in [-0.2, 0) is 4.79 Å². The molecule has 1 amide bonds. The van der Waals surface area contributed by atoms with Crippen LogP contribution in [0.15, 0.2) is 30.3 Å². The monoisotopic (exact) mass is 320 g/mol. The number of hydrogen-bond acceptors (Lipinski definition) is 4. The molecule has 1 aromatic carbocycles. The summed E-state index contributed by atoms with van der Waals surface area (Å²) >= 11 is 0. The second kappa shape index (κ2) is 9.53. The van der Waals surface area contributed by atoms with Crippen molar-refractivity contribution in [2.75, 3.05) is 32.8 Å². The molecule has 5 nitrogen and oxygen atoms in total. The van der Waals surface area contributed by atoms with Crippen molar-refractivity contribution in [2.45, 2.75) is 32.3 Å². The molecule has 1 aromatic rings. The lowest BCUT2D eigenvalue weighted by molar-refractivity contribution is -0.126. The summed E-state index contributed by atoms with van der Waals surface area (Å²) in [5.74, 6) is 0.950. The van der Waals surface area contributed by atoms with E-state index in [2.05, 4.69) is 17.1 Å². The van der Waals surface area contributed by atoms with Gasteiger partial charge in [0, 0.05) is 19.6 Å². The fraction of sp³-hybridized carbons (Fsp3) is 0.611. The molecule has 2 N–H and O–H groups in total. The largest absolute Gasteiger partial charge is 0.491 e. The predicted octanol–water partition coefficient (Wildman–Crippen LogP) is 1.66. The number of hydrogen-bond donors (Lipinski definition) is 2. The smallest absolute Gasteiger partial charge is 0.224 e. The molecule has 0 radical (unpaired) electrons. The standard InChI is InChI=1S/C18H28N2O3/c1-2-10-19-18(22)15-7-6-11-20(12-15)13-16(21)14-23-17-8-4-3-5-9-17/h3-5,8-9,15-16,21H,2,6-7,10-14H2,1H3,(H,19,22). The zero-order valence-electron chi connectivity index (χ0n) is 13.9. The Bertz CT molecular complexity index is 467. The molecular formula is C18H28N2O3. The van der Waals surface area contributed by atoms with Gasteiger partial charge in [-0.05, 0) is 37.9 Å². The molecule has 0 aromatic heterocycles. The minimum Gasteiger partial charge on any atom is -0.491 e. The van der Waals surface area contributed by atoms with E-state index < -0.39 is 6.10 Å². The minimum absolute atomic E-state index is 0.0394. The quantitative estimate of drug-likeness (QED) is 0.765. The van der Waals surface area contributed by atoms with Crippen LogP contribution in [0.5, 0.6) is 5.75 Å². The van der Waals surface area contributed by atoms with Gasteiger partial charge in [-0.25, -0.2) is 0 Å². The Labute approximate surface area is 138 Å². The lowest BCUT2D eigenvalue weighted by atomic mass is 9.97. The number of amides is 1. The average molecular weight is 320 g/mol. The fourth-order valence-electron chi connectivity index (χ4n) is 2.89. The van der Waals surface area contributed by atoms with Crippen LogP contribution >= 0.6 is 0 Å². The number of para-hydroxylation sites is 1. The van der Waals surface area contributed by atoms with Crippen LogP contribution in [0, 0.1) is 5.92 Å². The molecule has 1 fully saturated rings. The first-order valence-electron chi connectivity index (χ1n) is 8.55. The zero-order valence-corrected chi connectivity index (χ0v) is 13.9. The Balaban J connectivity index is 1.72. The Kier molecular flexibility index (Phi) is 7.36. The van der Waals surface area contributed by atoms with Gasteiger partial charge in [0.1, 0.15) is 18.5 Å². The molecule has 1 aliphatic rings. The Morgan fingerprint density at radius 3 is 2.96 bits per heavy atom. The number of piperidine rings is 1. The first kappa shape index (κ1) is 17.8. The summed E-state index contributed by atoms with van der Waals surface area (Å²) in [6.45, 7) is 5.26. The van der Waals surface area contributed by atoms with Crippen LogP contribution in [-0.4, -0.2) is 54.8 Å². The number of likely N-dealkylation sites (tertiary alicyclic amines) is 1. The maximum atomic E-state index is 12.1. The highest BCUT2D eigenvalue weighted by atomic mass is 16.5. The van der Waals surface area contributed by atoms with Gasteiger partial charge in [-0.2, -0.15) is 0 Å². The molecule has 0 aliphatic carbocycles. The van der Waals surface area contributed by atoms with Gasteiger partial charge < -0.3 is 15.2 Å². The SMILES string of the molecule is CCCNC(=O)C1CCCN(CC(O)COc2ccccc2)C1. The molecule has 1 heterocycles. The number of nitrogens with zero attached hydrogens (tertiary/aromatic N) is 1. The van der Waals surface area contributed by atoms with Crippen LogP contribution in [0.2, 0.25) is 0 Å². The van der Waals surface area contributed by atoms with Crippen molar-refractivity contribution in [3.05, 3.63) is 30.3 Å². The van der Waals surface area contributed by atoms with E-state index >= 15 is 0 Å². The van der Waals surface area contributed by atoms with Crippen molar-refractivity contribution in [2.24, 2.45) is 5.92 Å². The molecule has 1 saturated heterocycles. The second-order valence-electron chi connectivity index (χ2n) is 6.17. The second-order valence-corrected chi connectivity index (χ2v) is 6.17. The van der Waals surface area contributed by atoms with Crippen LogP contribution in [0.4, 0.5) is 0 Å². The molecular weight excluding hydrogens is 292 g/mol. The third kappa shape index (κ3) is 6.20. The summed E-state index contributed by atoms with van der Waals surface area (Å²) in [4.78, 5) is 14.2. The van der Waals surface area contributed by atoms with Gasteiger partial charge in [0.25, 0.3) is 0 Å². The zero-order chi connectivity index (χ0) is 16.5. The summed E-state index contributed by atoms with van der Waals surface area (Å²) in [5.41, 5.74) is 0. The number of carbonyl (C=O) groups is 1. The van der Waals surface area contributed by atoms with E-state index in [0.29, 0.717) is 6.54 Å². The van der Waals surface area contributed by atoms with Crippen molar-refractivity contribution in [1.82, 2.24) is 10.2 Å². The van der Waals surface area contributed by atoms with Crippen molar-refractivity contribution in [1.29, 1.82) is 0 Å². The van der Waals surface area contributed by atoms with Gasteiger partial charge in [-0.15, -0.1) is 0 Å². The van der Waals surface area contributed by atoms with E-state index in [0.717, 1.165) is 44.6 Å². The van der Waals surface area contributed by atoms with Gasteiger partial charge in [-0.1, -0.05) is 25.1 Å². The first-order valence-corrected chi connectivity index (χ1v) is 8.55. The Morgan fingerprint density at radius 1 is 1.43 bits per heavy atom. The van der Waals surface area contributed by atoms with Crippen LogP contribution in [0.25, 0.3) is 0 Å². The highest BCUT2D eigenvalue weighted by molar-refractivity contribution is 5.78. The molecule has 5 heteroatoms. The predicted molar refractivity (Wildman–Crippen MR) is 90.4 cm³/mol. The average Bonchev–Trinajstić information content (AvgIpc) is 2.59. The molecule has 2 rings (SSSR count). The fourth-order valence-corrected chi connectivity index (χ4v) is 2.89. The number of carbonyl (C=O) groups excluding carboxylic acids is 1. The van der Waals surface area contributed by atoms with Gasteiger partial charge in [-0.3, -0.25) is 9.69 Å². The van der Waals surface area contributed by atoms with E-state index in [1.165, 1.54) is 0 Å². The molecule has 2 atom stereocenters. The third-order valence-electron chi connectivity index (χ3n) is 4.08. The molecule has 0 saturated carbocycles. The maximum absolute atomic E-state index is 12.1. The van der Waals surface area contributed by atoms with E-state index in [4.69, 9.17) is 4.74 Å². The Morgan fingerprint density at radius 2 is 2.22 bits per heavy atom. The van der Waals surface area contributed by atoms with Crippen LogP contribution in [0.3, 0.4) is 0 Å². The summed E-state index contributed by atoms with van der Waals surface area (Å²) in [6.07, 6.45) is 2.34. The van der Waals surface area contributed by atoms with Gasteiger partial charge in [0.2, 0.25) is 5.91 Å². The van der Waals surface area contributed by atoms with Crippen molar-refractivity contribution >= 4 is 5.91 Å². The van der Waals surface area contributed by atoms with Gasteiger partial charge in [0.05, 0.1) is 5.92 Å². The normalized spacial score (nSPS) is 20.0. The lowest BCUT2D eigenvalue weighted by Gasteiger charge is -2.33. The van der Waals surface area contributed by atoms with E-state index in [1.807, 2.05) is 30.3 Å². The summed E-state index contributed by atoms with van der Waals surface area (Å²) in [7, 11) is 0. The molecule has 2 unspecified atom stereocenters. The molecule has 128 valence electrons. The minimum atomic E-state index is -0.548. The van der Waals surface area contributed by atoms with Gasteiger partial charge in [0.15, 0.2) is 0 Å². The topological polar surface area (TPSA) is 61.8 Å². The van der Waals surface area contributed by atoms with Crippen LogP contribution in [0.1, 0.15) is 26.2 Å². The molecule has 1 aliphatic heterocycles. The van der Waals surface area contributed by atoms with E-state index in [1.54, 1.807) is 0 Å². The lowest BCUT2D eigenvalue weighted by Crippen LogP contribution is -2.46. The maximum Gasteiger partial charge on any atom is 0.224 e. The number of nitrogens with one attached hydrogen (secondary N) is 1. The van der Waals surface area contributed by atoms with Crippen LogP contribution < -0.4 is 10.1 Å².